The largest absolute Gasteiger partial charge is 0.322 e. The highest BCUT2D eigenvalue weighted by Crippen LogP contribution is 2.25. The maximum atomic E-state index is 13.7. The Hall–Kier alpha value is -1.93. The molecule has 5 heteroatoms. The minimum atomic E-state index is -0.597. The second-order valence-corrected chi connectivity index (χ2v) is 4.73. The van der Waals surface area contributed by atoms with Crippen LogP contribution in [0.1, 0.15) is 31.7 Å². The molecular weight excluding hydrogens is 245 g/mol. The number of hydrogen-bond donors (Lipinski definition) is 2. The lowest BCUT2D eigenvalue weighted by Gasteiger charge is -2.26. The number of hydrogen-bond acceptors (Lipinski definition) is 3. The molecule has 1 aliphatic heterocycles. The van der Waals surface area contributed by atoms with Gasteiger partial charge in [-0.2, -0.15) is 5.26 Å². The highest BCUT2D eigenvalue weighted by atomic mass is 19.1. The Balaban J connectivity index is 2.17. The van der Waals surface area contributed by atoms with Gasteiger partial charge in [0.05, 0.1) is 22.9 Å². The molecule has 0 bridgehead atoms. The van der Waals surface area contributed by atoms with Crippen LogP contribution in [0.4, 0.5) is 10.1 Å². The molecule has 4 nitrogen and oxygen atoms in total. The molecule has 2 rings (SSSR count). The molecule has 0 aromatic heterocycles. The van der Waals surface area contributed by atoms with E-state index in [0.29, 0.717) is 6.42 Å². The fourth-order valence-corrected chi connectivity index (χ4v) is 2.39. The lowest BCUT2D eigenvalue weighted by molar-refractivity contribution is -0.122. The summed E-state index contributed by atoms with van der Waals surface area (Å²) in [4.78, 5) is 12.3. The van der Waals surface area contributed by atoms with Crippen molar-refractivity contribution in [2.24, 2.45) is 0 Å². The van der Waals surface area contributed by atoms with Crippen molar-refractivity contribution < 1.29 is 9.18 Å². The fraction of sp³-hybridized carbons (Fsp3) is 0.429. The van der Waals surface area contributed by atoms with Crippen molar-refractivity contribution in [1.29, 1.82) is 5.26 Å². The molecule has 1 heterocycles. The first-order valence-corrected chi connectivity index (χ1v) is 6.37. The van der Waals surface area contributed by atoms with Gasteiger partial charge in [0.15, 0.2) is 0 Å². The fourth-order valence-electron chi connectivity index (χ4n) is 2.39. The Morgan fingerprint density at radius 3 is 2.95 bits per heavy atom. The number of carbonyl (C=O) groups excluding carboxylic acids is 1. The zero-order valence-electron chi connectivity index (χ0n) is 10.8. The zero-order valence-corrected chi connectivity index (χ0v) is 10.8. The van der Waals surface area contributed by atoms with Crippen LogP contribution < -0.4 is 10.6 Å². The standard InChI is InChI=1S/C14H16FN3O/c1-2-14(6-3-7-17-14)13(19)18-12-5-4-10(9-16)8-11(12)15/h4-5,8,17H,2-3,6-7H2,1H3,(H,18,19). The van der Waals surface area contributed by atoms with E-state index in [-0.39, 0.29) is 17.2 Å². The molecule has 0 spiro atoms. The monoisotopic (exact) mass is 261 g/mol. The predicted molar refractivity (Wildman–Crippen MR) is 70.0 cm³/mol. The van der Waals surface area contributed by atoms with Crippen molar-refractivity contribution in [2.45, 2.75) is 31.7 Å². The molecule has 0 saturated carbocycles. The average molecular weight is 261 g/mol. The molecular formula is C14H16FN3O. The van der Waals surface area contributed by atoms with E-state index in [4.69, 9.17) is 5.26 Å². The number of benzene rings is 1. The van der Waals surface area contributed by atoms with Crippen molar-refractivity contribution in [3.05, 3.63) is 29.6 Å². The number of halogens is 1. The zero-order chi connectivity index (χ0) is 13.9. The molecule has 2 N–H and O–H groups in total. The van der Waals surface area contributed by atoms with Crippen LogP contribution in [-0.4, -0.2) is 18.0 Å². The van der Waals surface area contributed by atoms with Crippen LogP contribution in [0.3, 0.4) is 0 Å². The quantitative estimate of drug-likeness (QED) is 0.876. The molecule has 1 fully saturated rings. The van der Waals surface area contributed by atoms with Crippen LogP contribution in [0, 0.1) is 17.1 Å². The summed E-state index contributed by atoms with van der Waals surface area (Å²) >= 11 is 0. The number of anilines is 1. The summed E-state index contributed by atoms with van der Waals surface area (Å²) in [6, 6.07) is 5.88. The summed E-state index contributed by atoms with van der Waals surface area (Å²) in [5.41, 5.74) is -0.245. The minimum absolute atomic E-state index is 0.116. The molecule has 1 saturated heterocycles. The van der Waals surface area contributed by atoms with Gasteiger partial charge in [-0.05, 0) is 44.0 Å². The van der Waals surface area contributed by atoms with E-state index in [1.165, 1.54) is 12.1 Å². The summed E-state index contributed by atoms with van der Waals surface area (Å²) in [7, 11) is 0. The molecule has 0 aliphatic carbocycles. The van der Waals surface area contributed by atoms with Crippen LogP contribution in [0.2, 0.25) is 0 Å². The van der Waals surface area contributed by atoms with Crippen molar-refractivity contribution in [2.75, 3.05) is 11.9 Å². The van der Waals surface area contributed by atoms with Crippen molar-refractivity contribution in [3.8, 4) is 6.07 Å². The third-order valence-corrected chi connectivity index (χ3v) is 3.63. The molecule has 0 radical (unpaired) electrons. The highest BCUT2D eigenvalue weighted by molar-refractivity contribution is 5.98. The Bertz CT molecular complexity index is 530. The Labute approximate surface area is 111 Å². The molecule has 100 valence electrons. The number of nitrogens with one attached hydrogen (secondary N) is 2. The number of nitrogens with zero attached hydrogens (tertiary/aromatic N) is 1. The van der Waals surface area contributed by atoms with Gasteiger partial charge in [0.2, 0.25) is 5.91 Å². The smallest absolute Gasteiger partial charge is 0.244 e. The van der Waals surface area contributed by atoms with Gasteiger partial charge >= 0.3 is 0 Å². The highest BCUT2D eigenvalue weighted by Gasteiger charge is 2.39. The third-order valence-electron chi connectivity index (χ3n) is 3.63. The predicted octanol–water partition coefficient (Wildman–Crippen LogP) is 2.17. The van der Waals surface area contributed by atoms with Crippen LogP contribution in [-0.2, 0) is 4.79 Å². The SMILES string of the molecule is CCC1(C(=O)Nc2ccc(C#N)cc2F)CCCN1. The van der Waals surface area contributed by atoms with E-state index in [9.17, 15) is 9.18 Å². The molecule has 1 amide bonds. The molecule has 1 aromatic carbocycles. The summed E-state index contributed by atoms with van der Waals surface area (Å²) < 4.78 is 13.7. The number of nitriles is 1. The molecule has 1 atom stereocenters. The maximum absolute atomic E-state index is 13.7. The Kier molecular flexibility index (Phi) is 3.82. The summed E-state index contributed by atoms with van der Waals surface area (Å²) in [5, 5.41) is 14.5. The van der Waals surface area contributed by atoms with Gasteiger partial charge in [0.1, 0.15) is 5.82 Å². The van der Waals surface area contributed by atoms with Gasteiger partial charge in [0.25, 0.3) is 0 Å². The van der Waals surface area contributed by atoms with E-state index < -0.39 is 11.4 Å². The topological polar surface area (TPSA) is 64.9 Å². The van der Waals surface area contributed by atoms with Crippen LogP contribution in [0.15, 0.2) is 18.2 Å². The number of carbonyl (C=O) groups is 1. The van der Waals surface area contributed by atoms with E-state index in [0.717, 1.165) is 25.5 Å². The minimum Gasteiger partial charge on any atom is -0.322 e. The maximum Gasteiger partial charge on any atom is 0.244 e. The first-order chi connectivity index (χ1) is 9.11. The molecule has 1 aliphatic rings. The second-order valence-electron chi connectivity index (χ2n) is 4.73. The molecule has 19 heavy (non-hydrogen) atoms. The summed E-state index contributed by atoms with van der Waals surface area (Å²) in [6.07, 6.45) is 2.36. The van der Waals surface area contributed by atoms with Gasteiger partial charge < -0.3 is 10.6 Å². The van der Waals surface area contributed by atoms with Crippen molar-refractivity contribution in [3.63, 3.8) is 0 Å². The Morgan fingerprint density at radius 2 is 2.42 bits per heavy atom. The third kappa shape index (κ3) is 2.59. The summed E-state index contributed by atoms with van der Waals surface area (Å²) in [5.74, 6) is -0.798. The van der Waals surface area contributed by atoms with Crippen LogP contribution in [0.25, 0.3) is 0 Å². The van der Waals surface area contributed by atoms with E-state index >= 15 is 0 Å². The van der Waals surface area contributed by atoms with Crippen molar-refractivity contribution in [1.82, 2.24) is 5.32 Å². The molecule has 1 aromatic rings. The lowest BCUT2D eigenvalue weighted by Crippen LogP contribution is -2.50. The van der Waals surface area contributed by atoms with Gasteiger partial charge in [-0.15, -0.1) is 0 Å². The average Bonchev–Trinajstić information content (AvgIpc) is 2.91. The van der Waals surface area contributed by atoms with Gasteiger partial charge in [0, 0.05) is 0 Å². The molecule has 1 unspecified atom stereocenters. The Morgan fingerprint density at radius 1 is 1.63 bits per heavy atom. The normalized spacial score (nSPS) is 21.9. The first-order valence-electron chi connectivity index (χ1n) is 6.37. The van der Waals surface area contributed by atoms with Gasteiger partial charge in [-0.3, -0.25) is 4.79 Å². The van der Waals surface area contributed by atoms with Crippen LogP contribution >= 0.6 is 0 Å². The van der Waals surface area contributed by atoms with Crippen LogP contribution in [0.5, 0.6) is 0 Å². The van der Waals surface area contributed by atoms with E-state index in [1.54, 1.807) is 0 Å². The second kappa shape index (κ2) is 5.37. The van der Waals surface area contributed by atoms with Crippen molar-refractivity contribution >= 4 is 11.6 Å². The van der Waals surface area contributed by atoms with E-state index in [1.807, 2.05) is 13.0 Å². The van der Waals surface area contributed by atoms with E-state index in [2.05, 4.69) is 10.6 Å². The first kappa shape index (κ1) is 13.5. The van der Waals surface area contributed by atoms with Gasteiger partial charge in [-0.1, -0.05) is 6.92 Å². The van der Waals surface area contributed by atoms with Gasteiger partial charge in [-0.25, -0.2) is 4.39 Å². The number of amides is 1. The summed E-state index contributed by atoms with van der Waals surface area (Å²) in [6.45, 7) is 2.74. The lowest BCUT2D eigenvalue weighted by atomic mass is 9.93. The number of rotatable bonds is 3.